The lowest BCUT2D eigenvalue weighted by Crippen LogP contribution is -2.15. The summed E-state index contributed by atoms with van der Waals surface area (Å²) in [6, 6.07) is 30.6. The number of amides is 3. The van der Waals surface area contributed by atoms with Crippen molar-refractivity contribution in [2.75, 3.05) is 23.1 Å². The summed E-state index contributed by atoms with van der Waals surface area (Å²) in [7, 11) is 1.52. The number of phenolic OH excluding ortho intramolecular Hbond substituents is 1. The highest BCUT2D eigenvalue weighted by Crippen LogP contribution is 2.27. The Hall–Kier alpha value is -6.42. The number of ketones is 1. The van der Waals surface area contributed by atoms with Crippen LogP contribution in [0.3, 0.4) is 0 Å². The fourth-order valence-electron chi connectivity index (χ4n) is 4.44. The molecule has 5 aromatic rings. The predicted molar refractivity (Wildman–Crippen MR) is 174 cm³/mol. The number of Topliss-reactive ketones (excluding diaryl/α,β-unsaturated/α-hetero) is 1. The van der Waals surface area contributed by atoms with Gasteiger partial charge in [0.05, 0.1) is 7.11 Å². The molecule has 10 nitrogen and oxygen atoms in total. The van der Waals surface area contributed by atoms with Crippen LogP contribution in [0.15, 0.2) is 115 Å². The first-order valence-electron chi connectivity index (χ1n) is 14.1. The van der Waals surface area contributed by atoms with Gasteiger partial charge in [0, 0.05) is 51.4 Å². The van der Waals surface area contributed by atoms with E-state index in [0.29, 0.717) is 45.4 Å². The van der Waals surface area contributed by atoms with Gasteiger partial charge >= 0.3 is 0 Å². The Morgan fingerprint density at radius 2 is 1.02 bits per heavy atom. The van der Waals surface area contributed by atoms with Gasteiger partial charge in [-0.15, -0.1) is 0 Å². The Kier molecular flexibility index (Phi) is 9.38. The molecule has 0 unspecified atom stereocenters. The molecule has 230 valence electrons. The van der Waals surface area contributed by atoms with E-state index in [-0.39, 0.29) is 28.6 Å². The van der Waals surface area contributed by atoms with Gasteiger partial charge in [0.1, 0.15) is 23.0 Å². The minimum Gasteiger partial charge on any atom is -0.508 e. The van der Waals surface area contributed by atoms with Crippen molar-refractivity contribution < 1.29 is 33.8 Å². The first-order chi connectivity index (χ1) is 22.2. The number of phenols is 1. The number of hydrogen-bond acceptors (Lipinski definition) is 7. The fraction of sp³-hybridized carbons (Fsp3) is 0.0556. The zero-order chi connectivity index (χ0) is 32.6. The second-order valence-corrected chi connectivity index (χ2v) is 10.2. The topological polar surface area (TPSA) is 143 Å². The molecule has 0 radical (unpaired) electrons. The van der Waals surface area contributed by atoms with Crippen molar-refractivity contribution >= 4 is 40.6 Å². The Labute approximate surface area is 264 Å². The molecule has 0 aliphatic heterocycles. The molecule has 0 aliphatic carbocycles. The van der Waals surface area contributed by atoms with E-state index in [2.05, 4.69) is 16.0 Å². The molecular weight excluding hydrogens is 586 g/mol. The molecule has 5 aromatic carbocycles. The van der Waals surface area contributed by atoms with Crippen LogP contribution in [0.5, 0.6) is 23.0 Å². The number of anilines is 3. The van der Waals surface area contributed by atoms with E-state index < -0.39 is 11.8 Å². The Balaban J connectivity index is 1.21. The molecule has 0 saturated heterocycles. The summed E-state index contributed by atoms with van der Waals surface area (Å²) in [5.41, 5.74) is 2.44. The van der Waals surface area contributed by atoms with Crippen LogP contribution in [0.2, 0.25) is 0 Å². The van der Waals surface area contributed by atoms with E-state index in [1.807, 2.05) is 0 Å². The van der Waals surface area contributed by atoms with Crippen molar-refractivity contribution in [1.29, 1.82) is 0 Å². The largest absolute Gasteiger partial charge is 0.508 e. The zero-order valence-corrected chi connectivity index (χ0v) is 24.9. The summed E-state index contributed by atoms with van der Waals surface area (Å²) in [6.07, 6.45) is 0. The SMILES string of the molecule is COc1cccc(NC(=O)c2cc(O)cc(C(=O)Nc3ccc(Oc4cccc(NC(=O)c5cccc(C(C)=O)c5)c4)cc3)c2)c1. The third-order valence-electron chi connectivity index (χ3n) is 6.74. The Morgan fingerprint density at radius 3 is 1.63 bits per heavy atom. The maximum atomic E-state index is 13.0. The van der Waals surface area contributed by atoms with Crippen molar-refractivity contribution in [3.05, 3.63) is 138 Å². The van der Waals surface area contributed by atoms with Gasteiger partial charge in [-0.2, -0.15) is 0 Å². The third kappa shape index (κ3) is 7.94. The maximum absolute atomic E-state index is 13.0. The molecule has 46 heavy (non-hydrogen) atoms. The second-order valence-electron chi connectivity index (χ2n) is 10.2. The number of ether oxygens (including phenoxy) is 2. The van der Waals surface area contributed by atoms with Crippen LogP contribution >= 0.6 is 0 Å². The highest BCUT2D eigenvalue weighted by molar-refractivity contribution is 6.09. The first-order valence-corrected chi connectivity index (χ1v) is 14.1. The highest BCUT2D eigenvalue weighted by atomic mass is 16.5. The lowest BCUT2D eigenvalue weighted by molar-refractivity contribution is 0.100. The zero-order valence-electron chi connectivity index (χ0n) is 24.9. The molecule has 0 fully saturated rings. The first kappa shape index (κ1) is 31.0. The molecule has 10 heteroatoms. The van der Waals surface area contributed by atoms with Crippen LogP contribution in [0.1, 0.15) is 48.4 Å². The number of carbonyl (C=O) groups is 4. The van der Waals surface area contributed by atoms with Crippen LogP contribution in [0.4, 0.5) is 17.1 Å². The van der Waals surface area contributed by atoms with Gasteiger partial charge in [-0.25, -0.2) is 0 Å². The van der Waals surface area contributed by atoms with Gasteiger partial charge in [0.15, 0.2) is 5.78 Å². The van der Waals surface area contributed by atoms with Gasteiger partial charge < -0.3 is 30.5 Å². The molecule has 5 rings (SSSR count). The molecule has 0 aliphatic rings. The lowest BCUT2D eigenvalue weighted by atomic mass is 10.1. The van der Waals surface area contributed by atoms with Crippen LogP contribution in [0, 0.1) is 0 Å². The third-order valence-corrected chi connectivity index (χ3v) is 6.74. The fourth-order valence-corrected chi connectivity index (χ4v) is 4.44. The molecule has 0 heterocycles. The van der Waals surface area contributed by atoms with E-state index in [0.717, 1.165) is 0 Å². The molecule has 3 amide bonds. The normalized spacial score (nSPS) is 10.4. The monoisotopic (exact) mass is 615 g/mol. The van der Waals surface area contributed by atoms with Crippen molar-refractivity contribution in [1.82, 2.24) is 0 Å². The number of nitrogens with one attached hydrogen (secondary N) is 3. The molecule has 0 bridgehead atoms. The number of benzene rings is 5. The number of carbonyl (C=O) groups excluding carboxylic acids is 4. The summed E-state index contributed by atoms with van der Waals surface area (Å²) in [4.78, 5) is 50.2. The van der Waals surface area contributed by atoms with Gasteiger partial charge in [-0.3, -0.25) is 19.2 Å². The molecule has 0 aromatic heterocycles. The highest BCUT2D eigenvalue weighted by Gasteiger charge is 2.15. The van der Waals surface area contributed by atoms with Gasteiger partial charge in [0.25, 0.3) is 17.7 Å². The van der Waals surface area contributed by atoms with Crippen molar-refractivity contribution in [3.63, 3.8) is 0 Å². The number of hydrogen-bond donors (Lipinski definition) is 4. The van der Waals surface area contributed by atoms with Gasteiger partial charge in [0.2, 0.25) is 0 Å². The second kappa shape index (κ2) is 13.9. The Bertz CT molecular complexity index is 1940. The van der Waals surface area contributed by atoms with Crippen LogP contribution in [0.25, 0.3) is 0 Å². The predicted octanol–water partition coefficient (Wildman–Crippen LogP) is 7.15. The molecule has 0 atom stereocenters. The number of methoxy groups -OCH3 is 1. The summed E-state index contributed by atoms with van der Waals surface area (Å²) in [5.74, 6) is -0.266. The molecule has 0 spiro atoms. The summed E-state index contributed by atoms with van der Waals surface area (Å²) in [6.45, 7) is 1.44. The van der Waals surface area contributed by atoms with E-state index in [9.17, 15) is 24.3 Å². The van der Waals surface area contributed by atoms with Crippen LogP contribution in [-0.2, 0) is 0 Å². The molecular formula is C36H29N3O7. The minimum absolute atomic E-state index is 0.0861. The Morgan fingerprint density at radius 1 is 0.522 bits per heavy atom. The van der Waals surface area contributed by atoms with E-state index in [1.54, 1.807) is 97.1 Å². The smallest absolute Gasteiger partial charge is 0.255 e. The van der Waals surface area contributed by atoms with Crippen molar-refractivity contribution in [2.45, 2.75) is 6.92 Å². The molecule has 4 N–H and O–H groups in total. The lowest BCUT2D eigenvalue weighted by Gasteiger charge is -2.11. The average Bonchev–Trinajstić information content (AvgIpc) is 3.05. The summed E-state index contributed by atoms with van der Waals surface area (Å²) >= 11 is 0. The number of rotatable bonds is 10. The van der Waals surface area contributed by atoms with Crippen LogP contribution in [-0.4, -0.2) is 35.7 Å². The van der Waals surface area contributed by atoms with Gasteiger partial charge in [-0.1, -0.05) is 24.3 Å². The summed E-state index contributed by atoms with van der Waals surface area (Å²) < 4.78 is 11.1. The van der Waals surface area contributed by atoms with Crippen molar-refractivity contribution in [3.8, 4) is 23.0 Å². The van der Waals surface area contributed by atoms with E-state index in [1.165, 1.54) is 32.2 Å². The van der Waals surface area contributed by atoms with E-state index >= 15 is 0 Å². The quantitative estimate of drug-likeness (QED) is 0.122. The van der Waals surface area contributed by atoms with Crippen molar-refractivity contribution in [2.24, 2.45) is 0 Å². The summed E-state index contributed by atoms with van der Waals surface area (Å²) in [5, 5.41) is 18.5. The van der Waals surface area contributed by atoms with E-state index in [4.69, 9.17) is 9.47 Å². The average molecular weight is 616 g/mol. The molecule has 0 saturated carbocycles. The van der Waals surface area contributed by atoms with Crippen LogP contribution < -0.4 is 25.4 Å². The number of aromatic hydroxyl groups is 1. The van der Waals surface area contributed by atoms with Gasteiger partial charge in [-0.05, 0) is 85.8 Å². The minimum atomic E-state index is -0.530. The maximum Gasteiger partial charge on any atom is 0.255 e. The standard InChI is InChI=1S/C36H29N3O7/c1-22(40)23-6-3-7-24(16-23)34(42)38-29-9-5-11-33(21-29)46-31-14-12-27(13-15-31)37-35(43)25-17-26(19-30(41)18-25)36(44)39-28-8-4-10-32(20-28)45-2/h3-21,41H,1-2H3,(H,37,43)(H,38,42)(H,39,44).